The van der Waals surface area contributed by atoms with Gasteiger partial charge in [-0.15, -0.1) is 16.4 Å². The number of aryl methyl sites for hydroxylation is 1. The van der Waals surface area contributed by atoms with Crippen molar-refractivity contribution in [2.45, 2.75) is 25.9 Å². The Kier molecular flexibility index (Phi) is 5.05. The lowest BCUT2D eigenvalue weighted by molar-refractivity contribution is -0.122. The van der Waals surface area contributed by atoms with Crippen molar-refractivity contribution in [3.05, 3.63) is 34.3 Å². The second-order valence-electron chi connectivity index (χ2n) is 4.16. The first-order valence-corrected chi connectivity index (χ1v) is 7.04. The smallest absolute Gasteiger partial charge is 0.242 e. The summed E-state index contributed by atoms with van der Waals surface area (Å²) in [6, 6.07) is 3.96. The van der Waals surface area contributed by atoms with Crippen LogP contribution in [0.2, 0.25) is 0 Å². The highest BCUT2D eigenvalue weighted by Crippen LogP contribution is 2.07. The zero-order chi connectivity index (χ0) is 13.5. The van der Waals surface area contributed by atoms with Crippen LogP contribution in [0.25, 0.3) is 0 Å². The molecule has 0 radical (unpaired) electrons. The van der Waals surface area contributed by atoms with Gasteiger partial charge in [-0.3, -0.25) is 4.79 Å². The largest absolute Gasteiger partial charge is 0.350 e. The van der Waals surface area contributed by atoms with Gasteiger partial charge in [0.1, 0.15) is 6.54 Å². The van der Waals surface area contributed by atoms with Crippen LogP contribution in [0, 0.1) is 0 Å². The van der Waals surface area contributed by atoms with Crippen LogP contribution < -0.4 is 11.1 Å². The van der Waals surface area contributed by atoms with Crippen molar-refractivity contribution in [1.82, 2.24) is 20.3 Å². The number of rotatable bonds is 7. The molecule has 0 saturated heterocycles. The summed E-state index contributed by atoms with van der Waals surface area (Å²) in [5.74, 6) is -0.0660. The predicted molar refractivity (Wildman–Crippen MR) is 73.6 cm³/mol. The summed E-state index contributed by atoms with van der Waals surface area (Å²) in [7, 11) is 0. The van der Waals surface area contributed by atoms with Crippen molar-refractivity contribution in [1.29, 1.82) is 0 Å². The normalized spacial score (nSPS) is 10.6. The van der Waals surface area contributed by atoms with Crippen molar-refractivity contribution in [3.63, 3.8) is 0 Å². The van der Waals surface area contributed by atoms with Gasteiger partial charge in [0.25, 0.3) is 0 Å². The summed E-state index contributed by atoms with van der Waals surface area (Å²) in [6.45, 7) is 1.39. The molecule has 0 unspecified atom stereocenters. The number of hydrogen-bond donors (Lipinski definition) is 2. The van der Waals surface area contributed by atoms with Gasteiger partial charge in [0.05, 0.1) is 12.2 Å². The molecule has 0 spiro atoms. The van der Waals surface area contributed by atoms with Gasteiger partial charge in [-0.1, -0.05) is 11.3 Å². The number of amides is 1. The van der Waals surface area contributed by atoms with Crippen LogP contribution in [0.1, 0.15) is 17.0 Å². The van der Waals surface area contributed by atoms with Gasteiger partial charge < -0.3 is 11.1 Å². The molecule has 0 bridgehead atoms. The molecule has 0 aliphatic heterocycles. The van der Waals surface area contributed by atoms with Gasteiger partial charge in [0, 0.05) is 11.1 Å². The monoisotopic (exact) mass is 279 g/mol. The summed E-state index contributed by atoms with van der Waals surface area (Å²) in [5, 5.41) is 12.8. The molecule has 0 aromatic carbocycles. The standard InChI is InChI=1S/C12H17N5OS/c13-5-1-3-10-8-17(16-15-10)9-12(18)14-7-11-4-2-6-19-11/h2,4,6,8H,1,3,5,7,9,13H2,(H,14,18). The van der Waals surface area contributed by atoms with Crippen molar-refractivity contribution < 1.29 is 4.79 Å². The highest BCUT2D eigenvalue weighted by molar-refractivity contribution is 7.09. The van der Waals surface area contributed by atoms with Crippen LogP contribution in [0.15, 0.2) is 23.7 Å². The highest BCUT2D eigenvalue weighted by Gasteiger charge is 2.06. The summed E-state index contributed by atoms with van der Waals surface area (Å²) < 4.78 is 1.55. The lowest BCUT2D eigenvalue weighted by atomic mass is 10.2. The van der Waals surface area contributed by atoms with E-state index in [0.717, 1.165) is 23.4 Å². The Balaban J connectivity index is 1.76. The number of aromatic nitrogens is 3. The van der Waals surface area contributed by atoms with Crippen molar-refractivity contribution >= 4 is 17.2 Å². The van der Waals surface area contributed by atoms with E-state index in [2.05, 4.69) is 15.6 Å². The van der Waals surface area contributed by atoms with Crippen molar-refractivity contribution in [3.8, 4) is 0 Å². The fraction of sp³-hybridized carbons (Fsp3) is 0.417. The van der Waals surface area contributed by atoms with Crippen molar-refractivity contribution in [2.75, 3.05) is 6.54 Å². The summed E-state index contributed by atoms with van der Waals surface area (Å²) in [6.07, 6.45) is 3.47. The molecule has 2 aromatic rings. The van der Waals surface area contributed by atoms with Crippen LogP contribution in [0.3, 0.4) is 0 Å². The van der Waals surface area contributed by atoms with Crippen LogP contribution >= 0.6 is 11.3 Å². The number of carbonyl (C=O) groups excluding carboxylic acids is 1. The van der Waals surface area contributed by atoms with Gasteiger partial charge >= 0.3 is 0 Å². The van der Waals surface area contributed by atoms with E-state index in [0.29, 0.717) is 13.1 Å². The molecule has 0 aliphatic carbocycles. The molecule has 3 N–H and O–H groups in total. The number of thiophene rings is 1. The summed E-state index contributed by atoms with van der Waals surface area (Å²) in [4.78, 5) is 12.9. The van der Waals surface area contributed by atoms with Crippen LogP contribution in [-0.2, 0) is 24.3 Å². The maximum atomic E-state index is 11.7. The molecule has 6 nitrogen and oxygen atoms in total. The Hall–Kier alpha value is -1.73. The van der Waals surface area contributed by atoms with Gasteiger partial charge in [-0.2, -0.15) is 0 Å². The van der Waals surface area contributed by atoms with Gasteiger partial charge in [-0.05, 0) is 30.8 Å². The van der Waals surface area contributed by atoms with Crippen LogP contribution in [0.5, 0.6) is 0 Å². The summed E-state index contributed by atoms with van der Waals surface area (Å²) in [5.41, 5.74) is 6.30. The second kappa shape index (κ2) is 7.01. The quantitative estimate of drug-likeness (QED) is 0.775. The minimum atomic E-state index is -0.0660. The fourth-order valence-corrected chi connectivity index (χ4v) is 2.26. The maximum absolute atomic E-state index is 11.7. The third-order valence-corrected chi connectivity index (χ3v) is 3.45. The zero-order valence-electron chi connectivity index (χ0n) is 10.6. The molecule has 0 saturated carbocycles. The lowest BCUT2D eigenvalue weighted by Gasteiger charge is -2.02. The molecule has 2 heterocycles. The number of hydrogen-bond acceptors (Lipinski definition) is 5. The Bertz CT molecular complexity index is 508. The molecule has 2 aromatic heterocycles. The average Bonchev–Trinajstić information content (AvgIpc) is 3.05. The Morgan fingerprint density at radius 3 is 3.16 bits per heavy atom. The Morgan fingerprint density at radius 1 is 1.53 bits per heavy atom. The van der Waals surface area contributed by atoms with E-state index >= 15 is 0 Å². The summed E-state index contributed by atoms with van der Waals surface area (Å²) >= 11 is 1.62. The van der Waals surface area contributed by atoms with Crippen molar-refractivity contribution in [2.24, 2.45) is 5.73 Å². The molecule has 19 heavy (non-hydrogen) atoms. The fourth-order valence-electron chi connectivity index (χ4n) is 1.62. The number of carbonyl (C=O) groups is 1. The number of nitrogens with two attached hydrogens (primary N) is 1. The van der Waals surface area contributed by atoms with E-state index in [1.54, 1.807) is 22.2 Å². The Labute approximate surface area is 115 Å². The molecule has 0 fully saturated rings. The SMILES string of the molecule is NCCCc1cn(CC(=O)NCc2cccs2)nn1. The van der Waals surface area contributed by atoms with Gasteiger partial charge in [-0.25, -0.2) is 4.68 Å². The van der Waals surface area contributed by atoms with Crippen LogP contribution in [-0.4, -0.2) is 27.4 Å². The van der Waals surface area contributed by atoms with E-state index in [-0.39, 0.29) is 12.5 Å². The molecule has 2 rings (SSSR count). The molecule has 0 aliphatic rings. The minimum Gasteiger partial charge on any atom is -0.350 e. The van der Waals surface area contributed by atoms with Gasteiger partial charge in [0.2, 0.25) is 5.91 Å². The topological polar surface area (TPSA) is 85.8 Å². The molecule has 1 amide bonds. The first-order chi connectivity index (χ1) is 9.28. The lowest BCUT2D eigenvalue weighted by Crippen LogP contribution is -2.27. The first-order valence-electron chi connectivity index (χ1n) is 6.16. The van der Waals surface area contributed by atoms with Crippen LogP contribution in [0.4, 0.5) is 0 Å². The predicted octanol–water partition coefficient (Wildman–Crippen LogP) is 0.547. The van der Waals surface area contributed by atoms with E-state index < -0.39 is 0 Å². The first kappa shape index (κ1) is 13.7. The minimum absolute atomic E-state index is 0.0660. The molecule has 102 valence electrons. The van der Waals surface area contributed by atoms with E-state index in [4.69, 9.17) is 5.73 Å². The number of nitrogens with one attached hydrogen (secondary N) is 1. The molecule has 0 atom stereocenters. The highest BCUT2D eigenvalue weighted by atomic mass is 32.1. The average molecular weight is 279 g/mol. The molecular weight excluding hydrogens is 262 g/mol. The molecule has 7 heteroatoms. The zero-order valence-corrected chi connectivity index (χ0v) is 11.4. The van der Waals surface area contributed by atoms with Gasteiger partial charge in [0.15, 0.2) is 0 Å². The third kappa shape index (κ3) is 4.46. The maximum Gasteiger partial charge on any atom is 0.242 e. The second-order valence-corrected chi connectivity index (χ2v) is 5.19. The Morgan fingerprint density at radius 2 is 2.42 bits per heavy atom. The number of nitrogens with zero attached hydrogens (tertiary/aromatic N) is 3. The third-order valence-electron chi connectivity index (χ3n) is 2.57. The van der Waals surface area contributed by atoms with E-state index in [1.807, 2.05) is 17.5 Å². The van der Waals surface area contributed by atoms with E-state index in [9.17, 15) is 4.79 Å². The van der Waals surface area contributed by atoms with E-state index in [1.165, 1.54) is 0 Å². The molecular formula is C12H17N5OS.